The number of aliphatic carboxylic acids is 1. The molecule has 1 atom stereocenters. The van der Waals surface area contributed by atoms with E-state index in [2.05, 4.69) is 16.9 Å². The first-order valence-corrected chi connectivity index (χ1v) is 8.03. The molecule has 0 aromatic carbocycles. The molecular weight excluding hydrogens is 280 g/mol. The molecule has 0 amide bonds. The van der Waals surface area contributed by atoms with Crippen molar-refractivity contribution in [3.05, 3.63) is 16.8 Å². The van der Waals surface area contributed by atoms with E-state index in [1.165, 1.54) is 35.0 Å². The summed E-state index contributed by atoms with van der Waals surface area (Å²) in [7, 11) is 0. The Labute approximate surface area is 119 Å². The number of nitrogens with zero attached hydrogens (tertiary/aromatic N) is 2. The molecule has 19 heavy (non-hydrogen) atoms. The Bertz CT molecular complexity index is 639. The van der Waals surface area contributed by atoms with Crippen molar-refractivity contribution in [2.24, 2.45) is 5.92 Å². The molecule has 0 bridgehead atoms. The summed E-state index contributed by atoms with van der Waals surface area (Å²) in [5.74, 6) is -0.407. The van der Waals surface area contributed by atoms with Crippen molar-refractivity contribution < 1.29 is 9.90 Å². The Morgan fingerprint density at radius 2 is 2.42 bits per heavy atom. The molecule has 0 fully saturated rings. The highest BCUT2D eigenvalue weighted by Crippen LogP contribution is 2.40. The van der Waals surface area contributed by atoms with Gasteiger partial charge in [0, 0.05) is 16.0 Å². The molecule has 3 rings (SSSR count). The number of hydrogen-bond donors (Lipinski definition) is 0. The van der Waals surface area contributed by atoms with Crippen molar-refractivity contribution in [2.45, 2.75) is 31.2 Å². The zero-order valence-electron chi connectivity index (χ0n) is 10.5. The van der Waals surface area contributed by atoms with E-state index in [4.69, 9.17) is 0 Å². The van der Waals surface area contributed by atoms with Crippen molar-refractivity contribution >= 4 is 39.3 Å². The zero-order valence-corrected chi connectivity index (χ0v) is 12.1. The molecule has 0 saturated carbocycles. The molecule has 100 valence electrons. The van der Waals surface area contributed by atoms with Crippen molar-refractivity contribution in [3.8, 4) is 0 Å². The number of thioether (sulfide) groups is 1. The molecule has 0 saturated heterocycles. The van der Waals surface area contributed by atoms with Crippen molar-refractivity contribution in [2.75, 3.05) is 5.75 Å². The van der Waals surface area contributed by atoms with Gasteiger partial charge in [0.2, 0.25) is 0 Å². The lowest BCUT2D eigenvalue weighted by atomic mass is 9.89. The maximum Gasteiger partial charge on any atom is 0.128 e. The van der Waals surface area contributed by atoms with Gasteiger partial charge in [0.15, 0.2) is 0 Å². The van der Waals surface area contributed by atoms with Gasteiger partial charge in [-0.05, 0) is 30.7 Å². The standard InChI is InChI=1S/C13H14N2O2S2/c1-7-2-3-8-9(4-7)19-13-11(8)12(14-6-15-13)18-5-10(16)17/h6-7H,2-5H2,1H3,(H,16,17)/p-1/t7-/m0/s1. The van der Waals surface area contributed by atoms with Gasteiger partial charge in [-0.15, -0.1) is 11.3 Å². The summed E-state index contributed by atoms with van der Waals surface area (Å²) >= 11 is 2.95. The zero-order chi connectivity index (χ0) is 13.4. The number of hydrogen-bond acceptors (Lipinski definition) is 6. The summed E-state index contributed by atoms with van der Waals surface area (Å²) in [4.78, 5) is 21.6. The normalized spacial score (nSPS) is 18.5. The maximum absolute atomic E-state index is 10.6. The molecule has 0 radical (unpaired) electrons. The predicted molar refractivity (Wildman–Crippen MR) is 74.3 cm³/mol. The van der Waals surface area contributed by atoms with E-state index in [9.17, 15) is 9.90 Å². The van der Waals surface area contributed by atoms with Gasteiger partial charge in [0.1, 0.15) is 16.2 Å². The number of carboxylic acid groups (broad SMARTS) is 1. The van der Waals surface area contributed by atoms with Gasteiger partial charge < -0.3 is 9.90 Å². The van der Waals surface area contributed by atoms with Crippen molar-refractivity contribution in [1.82, 2.24) is 9.97 Å². The van der Waals surface area contributed by atoms with Gasteiger partial charge in [-0.2, -0.15) is 0 Å². The number of carbonyl (C=O) groups excluding carboxylic acids is 1. The number of aryl methyl sites for hydroxylation is 1. The summed E-state index contributed by atoms with van der Waals surface area (Å²) in [6, 6.07) is 0. The first-order valence-electron chi connectivity index (χ1n) is 6.23. The second-order valence-electron chi connectivity index (χ2n) is 4.87. The molecule has 2 aromatic heterocycles. The van der Waals surface area contributed by atoms with Crippen molar-refractivity contribution in [3.63, 3.8) is 0 Å². The number of carboxylic acids is 1. The fourth-order valence-corrected chi connectivity index (χ4v) is 4.64. The summed E-state index contributed by atoms with van der Waals surface area (Å²) in [6.45, 7) is 2.27. The first-order chi connectivity index (χ1) is 9.15. The lowest BCUT2D eigenvalue weighted by Gasteiger charge is -2.18. The fraction of sp³-hybridized carbons (Fsp3) is 0.462. The first kappa shape index (κ1) is 12.9. The van der Waals surface area contributed by atoms with Gasteiger partial charge in [-0.1, -0.05) is 18.7 Å². The molecule has 2 heterocycles. The van der Waals surface area contributed by atoms with Crippen LogP contribution in [0.3, 0.4) is 0 Å². The van der Waals surface area contributed by atoms with E-state index in [0.717, 1.165) is 28.1 Å². The highest BCUT2D eigenvalue weighted by Gasteiger charge is 2.22. The van der Waals surface area contributed by atoms with E-state index in [-0.39, 0.29) is 5.75 Å². The third-order valence-electron chi connectivity index (χ3n) is 3.38. The van der Waals surface area contributed by atoms with E-state index in [1.54, 1.807) is 11.3 Å². The highest BCUT2D eigenvalue weighted by atomic mass is 32.2. The molecule has 1 aliphatic rings. The Morgan fingerprint density at radius 1 is 1.58 bits per heavy atom. The average molecular weight is 293 g/mol. The van der Waals surface area contributed by atoms with Crippen LogP contribution in [0.15, 0.2) is 11.4 Å². The van der Waals surface area contributed by atoms with Gasteiger partial charge in [0.05, 0.1) is 5.97 Å². The topological polar surface area (TPSA) is 65.9 Å². The third-order valence-corrected chi connectivity index (χ3v) is 5.51. The molecule has 0 aliphatic heterocycles. The Morgan fingerprint density at radius 3 is 3.21 bits per heavy atom. The SMILES string of the molecule is C[C@H]1CCc2c(sc3ncnc(SCC(=O)[O-])c23)C1. The number of rotatable bonds is 3. The van der Waals surface area contributed by atoms with Gasteiger partial charge in [-0.3, -0.25) is 0 Å². The second kappa shape index (κ2) is 5.09. The van der Waals surface area contributed by atoms with Gasteiger partial charge >= 0.3 is 0 Å². The van der Waals surface area contributed by atoms with Gasteiger partial charge in [0.25, 0.3) is 0 Å². The van der Waals surface area contributed by atoms with Crippen LogP contribution in [0.2, 0.25) is 0 Å². The van der Waals surface area contributed by atoms with Crippen LogP contribution in [0.4, 0.5) is 0 Å². The van der Waals surface area contributed by atoms with E-state index < -0.39 is 5.97 Å². The minimum absolute atomic E-state index is 0.0624. The van der Waals surface area contributed by atoms with Crippen molar-refractivity contribution in [1.29, 1.82) is 0 Å². The van der Waals surface area contributed by atoms with Crippen LogP contribution in [-0.4, -0.2) is 21.7 Å². The number of fused-ring (bicyclic) bond motifs is 3. The summed E-state index contributed by atoms with van der Waals surface area (Å²) in [6.07, 6.45) is 4.84. The summed E-state index contributed by atoms with van der Waals surface area (Å²) in [5, 5.41) is 12.5. The lowest BCUT2D eigenvalue weighted by molar-refractivity contribution is -0.301. The molecular formula is C13H13N2O2S2-. The third kappa shape index (κ3) is 2.47. The number of carbonyl (C=O) groups is 1. The molecule has 1 aliphatic carbocycles. The van der Waals surface area contributed by atoms with Gasteiger partial charge in [-0.25, -0.2) is 9.97 Å². The summed E-state index contributed by atoms with van der Waals surface area (Å²) in [5.41, 5.74) is 1.33. The maximum atomic E-state index is 10.6. The minimum Gasteiger partial charge on any atom is -0.549 e. The monoisotopic (exact) mass is 293 g/mol. The number of aromatic nitrogens is 2. The van der Waals surface area contributed by atoms with Crippen LogP contribution in [0.1, 0.15) is 23.8 Å². The minimum atomic E-state index is -1.06. The molecule has 6 heteroatoms. The Hall–Kier alpha value is -1.14. The highest BCUT2D eigenvalue weighted by molar-refractivity contribution is 8.00. The van der Waals surface area contributed by atoms with Crippen LogP contribution in [-0.2, 0) is 17.6 Å². The quantitative estimate of drug-likeness (QED) is 0.636. The largest absolute Gasteiger partial charge is 0.549 e. The van der Waals surface area contributed by atoms with Crippen LogP contribution in [0.25, 0.3) is 10.2 Å². The molecule has 0 unspecified atom stereocenters. The average Bonchev–Trinajstić information content (AvgIpc) is 2.73. The van der Waals surface area contributed by atoms with E-state index >= 15 is 0 Å². The fourth-order valence-electron chi connectivity index (χ4n) is 2.48. The number of thiophene rings is 1. The van der Waals surface area contributed by atoms with Crippen LogP contribution in [0.5, 0.6) is 0 Å². The van der Waals surface area contributed by atoms with E-state index in [1.807, 2.05) is 0 Å². The molecule has 0 N–H and O–H groups in total. The Balaban J connectivity index is 2.06. The molecule has 2 aromatic rings. The predicted octanol–water partition coefficient (Wildman–Crippen LogP) is 1.66. The van der Waals surface area contributed by atoms with Crippen LogP contribution >= 0.6 is 23.1 Å². The molecule has 4 nitrogen and oxygen atoms in total. The molecule has 0 spiro atoms. The Kier molecular flexibility index (Phi) is 3.45. The summed E-state index contributed by atoms with van der Waals surface area (Å²) < 4.78 is 0. The second-order valence-corrected chi connectivity index (χ2v) is 6.92. The van der Waals surface area contributed by atoms with E-state index in [0.29, 0.717) is 5.92 Å². The lowest BCUT2D eigenvalue weighted by Crippen LogP contribution is -2.24. The van der Waals surface area contributed by atoms with Crippen LogP contribution in [0, 0.1) is 5.92 Å². The van der Waals surface area contributed by atoms with Crippen LogP contribution < -0.4 is 5.11 Å². The smallest absolute Gasteiger partial charge is 0.128 e.